The SMILES string of the molecule is CCCC(=O)N(C)CC(=O)O[C@H]1C[C@@H]2[C@]3(CC[C@]4(C)[C@@H]([C@]5(C)CC[C@@H](C(C)(C)O)O5)[C@@H](O)C[C@@]24C)C[C@@]32CCC(F)(F)C(C)(C)[C@H]12. The van der Waals surface area contributed by atoms with E-state index in [1.807, 2.05) is 6.92 Å². The first-order valence-corrected chi connectivity index (χ1v) is 17.9. The maximum atomic E-state index is 15.8. The Hall–Kier alpha value is -1.32. The Labute approximate surface area is 274 Å². The van der Waals surface area contributed by atoms with Crippen molar-refractivity contribution in [3.63, 3.8) is 0 Å². The molecule has 1 saturated heterocycles. The maximum absolute atomic E-state index is 15.8. The Bertz CT molecular complexity index is 1270. The molecule has 0 aromatic rings. The average Bonchev–Trinajstić information content (AvgIpc) is 3.30. The van der Waals surface area contributed by atoms with Crippen molar-refractivity contribution in [2.45, 2.75) is 161 Å². The van der Waals surface area contributed by atoms with Crippen molar-refractivity contribution >= 4 is 11.9 Å². The lowest BCUT2D eigenvalue weighted by Gasteiger charge is -2.65. The lowest BCUT2D eigenvalue weighted by molar-refractivity contribution is -0.252. The number of hydrogen-bond donors (Lipinski definition) is 2. The summed E-state index contributed by atoms with van der Waals surface area (Å²) in [7, 11) is 1.59. The van der Waals surface area contributed by atoms with Crippen molar-refractivity contribution in [2.75, 3.05) is 13.6 Å². The van der Waals surface area contributed by atoms with Crippen LogP contribution >= 0.6 is 0 Å². The number of amides is 1. The van der Waals surface area contributed by atoms with Gasteiger partial charge in [0.05, 0.1) is 23.4 Å². The van der Waals surface area contributed by atoms with Gasteiger partial charge in [-0.1, -0.05) is 34.6 Å². The molecule has 2 N–H and O–H groups in total. The molecule has 0 aromatic heterocycles. The van der Waals surface area contributed by atoms with Gasteiger partial charge in [0.2, 0.25) is 5.91 Å². The normalized spacial score (nSPS) is 48.5. The second kappa shape index (κ2) is 10.3. The molecule has 7 nitrogen and oxygen atoms in total. The van der Waals surface area contributed by atoms with Crippen molar-refractivity contribution < 1.29 is 38.1 Å². The number of fused-ring (bicyclic) bond motifs is 2. The highest BCUT2D eigenvalue weighted by Gasteiger charge is 2.86. The van der Waals surface area contributed by atoms with Gasteiger partial charge >= 0.3 is 5.97 Å². The van der Waals surface area contributed by atoms with Gasteiger partial charge in [-0.2, -0.15) is 0 Å². The minimum atomic E-state index is -2.88. The third kappa shape index (κ3) is 4.48. The Morgan fingerprint density at radius 3 is 2.24 bits per heavy atom. The van der Waals surface area contributed by atoms with Crippen LogP contribution in [0.1, 0.15) is 126 Å². The molecule has 5 saturated carbocycles. The number of rotatable bonds is 7. The Morgan fingerprint density at radius 2 is 1.63 bits per heavy atom. The van der Waals surface area contributed by atoms with Crippen molar-refractivity contribution in [1.82, 2.24) is 4.90 Å². The number of ether oxygens (including phenoxy) is 2. The fraction of sp³-hybridized carbons (Fsp3) is 0.946. The molecule has 0 aromatic carbocycles. The van der Waals surface area contributed by atoms with E-state index in [4.69, 9.17) is 9.47 Å². The summed E-state index contributed by atoms with van der Waals surface area (Å²) in [6.07, 6.45) is 4.85. The maximum Gasteiger partial charge on any atom is 0.325 e. The molecule has 6 fully saturated rings. The van der Waals surface area contributed by atoms with E-state index in [0.717, 1.165) is 32.1 Å². The van der Waals surface area contributed by atoms with Crippen LogP contribution in [0.25, 0.3) is 0 Å². The van der Waals surface area contributed by atoms with Crippen LogP contribution in [0.3, 0.4) is 0 Å². The highest BCUT2D eigenvalue weighted by molar-refractivity contribution is 5.81. The quantitative estimate of drug-likeness (QED) is 0.305. The zero-order chi connectivity index (χ0) is 34.1. The molecule has 46 heavy (non-hydrogen) atoms. The number of likely N-dealkylation sites (N-methyl/N-ethyl adjacent to an activating group) is 1. The molecular formula is C37H59F2NO6. The van der Waals surface area contributed by atoms with Gasteiger partial charge in [0, 0.05) is 37.1 Å². The van der Waals surface area contributed by atoms with E-state index in [1.165, 1.54) is 4.90 Å². The molecular weight excluding hydrogens is 592 g/mol. The topological polar surface area (TPSA) is 96.3 Å². The Kier molecular flexibility index (Phi) is 7.77. The van der Waals surface area contributed by atoms with Crippen LogP contribution in [0.2, 0.25) is 0 Å². The van der Waals surface area contributed by atoms with Crippen LogP contribution in [0.15, 0.2) is 0 Å². The van der Waals surface area contributed by atoms with Crippen LogP contribution in [0.4, 0.5) is 8.78 Å². The van der Waals surface area contributed by atoms with Gasteiger partial charge in [-0.25, -0.2) is 8.78 Å². The Balaban J connectivity index is 1.35. The van der Waals surface area contributed by atoms with E-state index in [0.29, 0.717) is 32.1 Å². The van der Waals surface area contributed by atoms with E-state index >= 15 is 8.78 Å². The number of alkyl halides is 2. The summed E-state index contributed by atoms with van der Waals surface area (Å²) in [4.78, 5) is 27.3. The number of carbonyl (C=O) groups is 2. The second-order valence-corrected chi connectivity index (χ2v) is 18.4. The van der Waals surface area contributed by atoms with Crippen molar-refractivity contribution in [2.24, 2.45) is 44.8 Å². The zero-order valence-corrected chi connectivity index (χ0v) is 29.7. The van der Waals surface area contributed by atoms with E-state index in [-0.39, 0.29) is 58.5 Å². The summed E-state index contributed by atoms with van der Waals surface area (Å²) in [6, 6.07) is 0. The summed E-state index contributed by atoms with van der Waals surface area (Å²) in [5.41, 5.74) is -4.03. The summed E-state index contributed by atoms with van der Waals surface area (Å²) in [5.74, 6) is -4.11. The molecule has 6 rings (SSSR count). The van der Waals surface area contributed by atoms with E-state index in [1.54, 1.807) is 34.7 Å². The fourth-order valence-electron chi connectivity index (χ4n) is 13.0. The molecule has 6 aliphatic rings. The van der Waals surface area contributed by atoms with Crippen LogP contribution in [0.5, 0.6) is 0 Å². The van der Waals surface area contributed by atoms with Gasteiger partial charge in [0.15, 0.2) is 0 Å². The third-order valence-corrected chi connectivity index (χ3v) is 15.4. The van der Waals surface area contributed by atoms with Crippen molar-refractivity contribution in [3.05, 3.63) is 0 Å². The lowest BCUT2D eigenvalue weighted by Crippen LogP contribution is -2.64. The summed E-state index contributed by atoms with van der Waals surface area (Å²) < 4.78 is 44.6. The van der Waals surface area contributed by atoms with Crippen LogP contribution < -0.4 is 0 Å². The Morgan fingerprint density at radius 1 is 0.978 bits per heavy atom. The smallest absolute Gasteiger partial charge is 0.325 e. The predicted octanol–water partition coefficient (Wildman–Crippen LogP) is 6.52. The summed E-state index contributed by atoms with van der Waals surface area (Å²) in [5, 5.41) is 22.8. The first-order chi connectivity index (χ1) is 21.1. The lowest BCUT2D eigenvalue weighted by atomic mass is 9.41. The van der Waals surface area contributed by atoms with Gasteiger partial charge < -0.3 is 24.6 Å². The summed E-state index contributed by atoms with van der Waals surface area (Å²) >= 11 is 0. The first kappa shape index (κ1) is 34.5. The third-order valence-electron chi connectivity index (χ3n) is 15.4. The average molecular weight is 652 g/mol. The molecule has 1 aliphatic heterocycles. The molecule has 1 heterocycles. The molecule has 2 spiro atoms. The number of esters is 1. The number of nitrogens with zero attached hydrogens (tertiary/aromatic N) is 1. The minimum absolute atomic E-state index is 0.0875. The van der Waals surface area contributed by atoms with Crippen LogP contribution in [-0.2, 0) is 19.1 Å². The molecule has 0 bridgehead atoms. The molecule has 0 radical (unpaired) electrons. The zero-order valence-electron chi connectivity index (χ0n) is 29.7. The van der Waals surface area contributed by atoms with Gasteiger partial charge in [-0.3, -0.25) is 9.59 Å². The largest absolute Gasteiger partial charge is 0.461 e. The highest BCUT2D eigenvalue weighted by atomic mass is 19.3. The van der Waals surface area contributed by atoms with Crippen molar-refractivity contribution in [3.8, 4) is 0 Å². The minimum Gasteiger partial charge on any atom is -0.461 e. The number of hydrogen-bond acceptors (Lipinski definition) is 6. The van der Waals surface area contributed by atoms with E-state index in [9.17, 15) is 19.8 Å². The molecule has 9 heteroatoms. The number of halogens is 2. The van der Waals surface area contributed by atoms with Crippen LogP contribution in [0, 0.1) is 44.8 Å². The van der Waals surface area contributed by atoms with E-state index in [2.05, 4.69) is 20.8 Å². The van der Waals surface area contributed by atoms with Gasteiger partial charge in [-0.05, 0) is 106 Å². The molecule has 0 unspecified atom stereocenters. The van der Waals surface area contributed by atoms with E-state index < -0.39 is 46.6 Å². The molecule has 262 valence electrons. The van der Waals surface area contributed by atoms with Gasteiger partial charge in [0.1, 0.15) is 12.6 Å². The standard InChI is InChI=1S/C37H59F2NO6/c1-10-11-26(42)40(9)20-27(43)45-23-18-24-33(7)19-22(41)28(34(8)13-12-25(46-34)31(4,5)44)32(33,6)14-15-35(24)21-36(35)16-17-37(38,39)30(2,3)29(23)36/h22-25,28-29,41,44H,10-21H2,1-9H3/t22-,23-,24-,25-,28-,29-,32+,33-,34-,35-,36+/m0/s1. The fourth-order valence-corrected chi connectivity index (χ4v) is 13.0. The first-order valence-electron chi connectivity index (χ1n) is 17.9. The summed E-state index contributed by atoms with van der Waals surface area (Å²) in [6.45, 7) is 15.3. The van der Waals surface area contributed by atoms with Crippen molar-refractivity contribution in [1.29, 1.82) is 0 Å². The number of carbonyl (C=O) groups excluding carboxylic acids is 2. The van der Waals surface area contributed by atoms with Gasteiger partial charge in [0.25, 0.3) is 5.92 Å². The predicted molar refractivity (Wildman–Crippen MR) is 170 cm³/mol. The van der Waals surface area contributed by atoms with Crippen LogP contribution in [-0.4, -0.2) is 76.0 Å². The molecule has 11 atom stereocenters. The highest BCUT2D eigenvalue weighted by Crippen LogP contribution is 2.90. The number of aliphatic hydroxyl groups is 2. The molecule has 1 amide bonds. The number of aliphatic hydroxyl groups excluding tert-OH is 1. The second-order valence-electron chi connectivity index (χ2n) is 18.4. The monoisotopic (exact) mass is 651 g/mol. The molecule has 5 aliphatic carbocycles. The van der Waals surface area contributed by atoms with Gasteiger partial charge in [-0.15, -0.1) is 0 Å².